The molecule has 28 heavy (non-hydrogen) atoms. The van der Waals surface area contributed by atoms with Crippen LogP contribution in [0, 0.1) is 40.4 Å². The van der Waals surface area contributed by atoms with Gasteiger partial charge in [-0.1, -0.05) is 26.7 Å². The van der Waals surface area contributed by atoms with E-state index in [4.69, 9.17) is 0 Å². The predicted octanol–water partition coefficient (Wildman–Crippen LogP) is 5.66. The minimum Gasteiger partial charge on any atom is -0.374 e. The van der Waals surface area contributed by atoms with Gasteiger partial charge in [-0.25, -0.2) is 0 Å². The molecule has 8 atom stereocenters. The largest absolute Gasteiger partial charge is 0.374 e. The third kappa shape index (κ3) is 3.55. The van der Waals surface area contributed by atoms with Gasteiger partial charge in [0.1, 0.15) is 6.23 Å². The van der Waals surface area contributed by atoms with E-state index in [0.717, 1.165) is 36.0 Å². The zero-order chi connectivity index (χ0) is 19.9. The summed E-state index contributed by atoms with van der Waals surface area (Å²) in [7, 11) is 0. The van der Waals surface area contributed by atoms with E-state index in [2.05, 4.69) is 19.2 Å². The summed E-state index contributed by atoms with van der Waals surface area (Å²) in [4.78, 5) is 11.9. The lowest BCUT2D eigenvalue weighted by molar-refractivity contribution is -0.124. The van der Waals surface area contributed by atoms with Gasteiger partial charge in [-0.2, -0.15) is 0 Å². The van der Waals surface area contributed by atoms with Crippen molar-refractivity contribution in [1.82, 2.24) is 5.32 Å². The molecule has 0 aromatic rings. The fraction of sp³-hybridized carbons (Fsp3) is 0.960. The number of aliphatic hydroxyl groups is 1. The summed E-state index contributed by atoms with van der Waals surface area (Å²) in [6, 6.07) is 0. The molecule has 4 rings (SSSR count). The Hall–Kier alpha value is -0.570. The smallest absolute Gasteiger partial charge is 0.221 e. The molecule has 8 unspecified atom stereocenters. The molecule has 0 saturated heterocycles. The van der Waals surface area contributed by atoms with Gasteiger partial charge in [0.25, 0.3) is 0 Å². The van der Waals surface area contributed by atoms with Gasteiger partial charge in [0.2, 0.25) is 5.91 Å². The number of hydrogen-bond acceptors (Lipinski definition) is 2. The van der Waals surface area contributed by atoms with E-state index in [0.29, 0.717) is 17.3 Å². The summed E-state index contributed by atoms with van der Waals surface area (Å²) in [6.07, 6.45) is 16.6. The lowest BCUT2D eigenvalue weighted by Gasteiger charge is -2.60. The molecule has 160 valence electrons. The first-order chi connectivity index (χ1) is 13.3. The molecule has 1 amide bonds. The number of nitrogens with one attached hydrogen (secondary N) is 1. The number of amides is 1. The Balaban J connectivity index is 1.39. The highest BCUT2D eigenvalue weighted by Gasteiger charge is 2.59. The Morgan fingerprint density at radius 2 is 1.79 bits per heavy atom. The average molecular weight is 390 g/mol. The van der Waals surface area contributed by atoms with Crippen LogP contribution in [-0.2, 0) is 4.79 Å². The lowest BCUT2D eigenvalue weighted by Crippen LogP contribution is -2.52. The maximum Gasteiger partial charge on any atom is 0.221 e. The summed E-state index contributed by atoms with van der Waals surface area (Å²) >= 11 is 0. The van der Waals surface area contributed by atoms with Crippen LogP contribution >= 0.6 is 0 Å². The number of rotatable bonds is 5. The third-order valence-corrected chi connectivity index (χ3v) is 10.1. The van der Waals surface area contributed by atoms with Gasteiger partial charge in [0.05, 0.1) is 0 Å². The molecule has 4 fully saturated rings. The Morgan fingerprint density at radius 3 is 2.57 bits per heavy atom. The first kappa shape index (κ1) is 20.7. The summed E-state index contributed by atoms with van der Waals surface area (Å²) < 4.78 is 0. The van der Waals surface area contributed by atoms with E-state index in [1.165, 1.54) is 70.6 Å². The van der Waals surface area contributed by atoms with Crippen molar-refractivity contribution in [2.24, 2.45) is 40.4 Å². The van der Waals surface area contributed by atoms with E-state index >= 15 is 0 Å². The molecule has 3 heteroatoms. The average Bonchev–Trinajstić information content (AvgIpc) is 2.97. The molecule has 0 aliphatic heterocycles. The van der Waals surface area contributed by atoms with Crippen molar-refractivity contribution >= 4 is 5.91 Å². The molecule has 2 N–H and O–H groups in total. The summed E-state index contributed by atoms with van der Waals surface area (Å²) in [5.41, 5.74) is 1.15. The second kappa shape index (κ2) is 7.93. The van der Waals surface area contributed by atoms with Crippen LogP contribution in [0.5, 0.6) is 0 Å². The van der Waals surface area contributed by atoms with Gasteiger partial charge in [0.15, 0.2) is 0 Å². The highest BCUT2D eigenvalue weighted by atomic mass is 16.3. The molecule has 0 aromatic carbocycles. The van der Waals surface area contributed by atoms with E-state index in [-0.39, 0.29) is 5.91 Å². The number of aliphatic hydroxyl groups excluding tert-OH is 1. The molecule has 0 radical (unpaired) electrons. The standard InChI is InChI=1S/C25H43NO2/c1-17(27)26-23(28)9-6-8-19-11-13-21-20-12-10-18-7-4-5-15-24(18,2)22(20)14-16-25(19,21)3/h17-22,27H,4-16H2,1-3H3,(H,26,28). The first-order valence-corrected chi connectivity index (χ1v) is 12.3. The molecule has 0 spiro atoms. The van der Waals surface area contributed by atoms with Crippen LogP contribution in [0.1, 0.15) is 104 Å². The van der Waals surface area contributed by atoms with Gasteiger partial charge >= 0.3 is 0 Å². The molecule has 4 saturated carbocycles. The van der Waals surface area contributed by atoms with Crippen molar-refractivity contribution in [2.75, 3.05) is 0 Å². The Labute approximate surface area is 172 Å². The van der Waals surface area contributed by atoms with E-state index in [9.17, 15) is 9.90 Å². The normalized spacial score (nSPS) is 46.2. The van der Waals surface area contributed by atoms with Crippen LogP contribution in [-0.4, -0.2) is 17.2 Å². The Kier molecular flexibility index (Phi) is 5.86. The van der Waals surface area contributed by atoms with Crippen LogP contribution in [0.3, 0.4) is 0 Å². The Bertz CT molecular complexity index is 575. The van der Waals surface area contributed by atoms with E-state index in [1.807, 2.05) is 0 Å². The van der Waals surface area contributed by atoms with Crippen LogP contribution in [0.2, 0.25) is 0 Å². The van der Waals surface area contributed by atoms with Crippen LogP contribution in [0.15, 0.2) is 0 Å². The maximum atomic E-state index is 11.9. The number of carbonyl (C=O) groups is 1. The summed E-state index contributed by atoms with van der Waals surface area (Å²) in [6.45, 7) is 6.89. The van der Waals surface area contributed by atoms with Gasteiger partial charge in [0, 0.05) is 6.42 Å². The maximum absolute atomic E-state index is 11.9. The number of fused-ring (bicyclic) bond motifs is 5. The molecular weight excluding hydrogens is 346 g/mol. The summed E-state index contributed by atoms with van der Waals surface area (Å²) in [5, 5.41) is 11.9. The monoisotopic (exact) mass is 389 g/mol. The third-order valence-electron chi connectivity index (χ3n) is 10.1. The van der Waals surface area contributed by atoms with Gasteiger partial charge in [-0.15, -0.1) is 0 Å². The van der Waals surface area contributed by atoms with E-state index < -0.39 is 6.23 Å². The molecular formula is C25H43NO2. The van der Waals surface area contributed by atoms with Crippen LogP contribution < -0.4 is 5.32 Å². The molecule has 4 aliphatic carbocycles. The molecule has 4 aliphatic rings. The second-order valence-electron chi connectivity index (χ2n) is 11.4. The van der Waals surface area contributed by atoms with E-state index in [1.54, 1.807) is 6.92 Å². The topological polar surface area (TPSA) is 49.3 Å². The quantitative estimate of drug-likeness (QED) is 0.596. The summed E-state index contributed by atoms with van der Waals surface area (Å²) in [5.74, 6) is 4.71. The minimum absolute atomic E-state index is 0.00181. The van der Waals surface area contributed by atoms with Crippen LogP contribution in [0.4, 0.5) is 0 Å². The number of hydrogen-bond donors (Lipinski definition) is 2. The Morgan fingerprint density at radius 1 is 1.00 bits per heavy atom. The van der Waals surface area contributed by atoms with Gasteiger partial charge < -0.3 is 10.4 Å². The second-order valence-corrected chi connectivity index (χ2v) is 11.4. The highest BCUT2D eigenvalue weighted by Crippen LogP contribution is 2.67. The van der Waals surface area contributed by atoms with Crippen LogP contribution in [0.25, 0.3) is 0 Å². The zero-order valence-electron chi connectivity index (χ0n) is 18.5. The van der Waals surface area contributed by atoms with Gasteiger partial charge in [-0.05, 0) is 112 Å². The first-order valence-electron chi connectivity index (χ1n) is 12.3. The SMILES string of the molecule is CC(O)NC(=O)CCCC1CCC2C3CCC4CCCCC4(C)C3CCC12C. The van der Waals surface area contributed by atoms with Crippen molar-refractivity contribution in [3.05, 3.63) is 0 Å². The zero-order valence-corrected chi connectivity index (χ0v) is 18.5. The highest BCUT2D eigenvalue weighted by molar-refractivity contribution is 5.75. The minimum atomic E-state index is -0.729. The van der Waals surface area contributed by atoms with Crippen molar-refractivity contribution in [3.8, 4) is 0 Å². The van der Waals surface area contributed by atoms with Crippen molar-refractivity contribution in [1.29, 1.82) is 0 Å². The predicted molar refractivity (Wildman–Crippen MR) is 114 cm³/mol. The molecule has 0 heterocycles. The van der Waals surface area contributed by atoms with Gasteiger partial charge in [-0.3, -0.25) is 4.79 Å². The fourth-order valence-corrected chi connectivity index (χ4v) is 8.69. The number of carbonyl (C=O) groups excluding carboxylic acids is 1. The fourth-order valence-electron chi connectivity index (χ4n) is 8.69. The molecule has 0 aromatic heterocycles. The lowest BCUT2D eigenvalue weighted by atomic mass is 9.45. The molecule has 3 nitrogen and oxygen atoms in total. The van der Waals surface area contributed by atoms with Crippen molar-refractivity contribution in [3.63, 3.8) is 0 Å². The van der Waals surface area contributed by atoms with Crippen molar-refractivity contribution < 1.29 is 9.90 Å². The molecule has 0 bridgehead atoms. The van der Waals surface area contributed by atoms with Crippen molar-refractivity contribution in [2.45, 2.75) is 110 Å².